The molecule has 112 valence electrons. The minimum Gasteiger partial charge on any atom is -0.336 e. The SMILES string of the molecule is Cn1cncc1CN1C(=O)C[C@@]2(CCc3ccccc32)C1=O. The number of hydrogen-bond acceptors (Lipinski definition) is 3. The summed E-state index contributed by atoms with van der Waals surface area (Å²) in [5.41, 5.74) is 2.48. The second kappa shape index (κ2) is 4.53. The average molecular weight is 295 g/mol. The molecule has 1 saturated heterocycles. The summed E-state index contributed by atoms with van der Waals surface area (Å²) in [5, 5.41) is 0. The fourth-order valence-corrected chi connectivity index (χ4v) is 3.75. The van der Waals surface area contributed by atoms with Gasteiger partial charge in [0.15, 0.2) is 0 Å². The molecule has 2 aliphatic rings. The molecule has 5 heteroatoms. The van der Waals surface area contributed by atoms with Gasteiger partial charge >= 0.3 is 0 Å². The highest BCUT2D eigenvalue weighted by Crippen LogP contribution is 2.47. The Morgan fingerprint density at radius 1 is 1.27 bits per heavy atom. The Bertz CT molecular complexity index is 780. The summed E-state index contributed by atoms with van der Waals surface area (Å²) in [7, 11) is 1.87. The molecule has 0 N–H and O–H groups in total. The number of likely N-dealkylation sites (tertiary alicyclic amines) is 1. The van der Waals surface area contributed by atoms with Gasteiger partial charge in [-0.2, -0.15) is 0 Å². The summed E-state index contributed by atoms with van der Waals surface area (Å²) in [6, 6.07) is 8.01. The van der Waals surface area contributed by atoms with Crippen molar-refractivity contribution >= 4 is 11.8 Å². The molecule has 4 rings (SSSR count). The van der Waals surface area contributed by atoms with Gasteiger partial charge in [0, 0.05) is 19.7 Å². The van der Waals surface area contributed by atoms with Gasteiger partial charge < -0.3 is 4.57 Å². The first-order valence-corrected chi connectivity index (χ1v) is 7.50. The Balaban J connectivity index is 1.70. The van der Waals surface area contributed by atoms with E-state index >= 15 is 0 Å². The van der Waals surface area contributed by atoms with Gasteiger partial charge in [-0.15, -0.1) is 0 Å². The standard InChI is InChI=1S/C17H17N3O2/c1-19-11-18-9-13(19)10-20-15(21)8-17(16(20)22)7-6-12-4-2-3-5-14(12)17/h2-5,9,11H,6-8,10H2,1H3/t17-/m1/s1. The second-order valence-corrected chi connectivity index (χ2v) is 6.20. The van der Waals surface area contributed by atoms with Gasteiger partial charge in [0.2, 0.25) is 11.8 Å². The monoisotopic (exact) mass is 295 g/mol. The summed E-state index contributed by atoms with van der Waals surface area (Å²) in [6.07, 6.45) is 5.28. The molecule has 2 heterocycles. The van der Waals surface area contributed by atoms with Gasteiger partial charge in [-0.1, -0.05) is 24.3 Å². The lowest BCUT2D eigenvalue weighted by Gasteiger charge is -2.22. The van der Waals surface area contributed by atoms with Gasteiger partial charge in [-0.25, -0.2) is 4.98 Å². The third kappa shape index (κ3) is 1.68. The molecule has 1 spiro atoms. The van der Waals surface area contributed by atoms with Crippen molar-refractivity contribution in [3.8, 4) is 0 Å². The maximum absolute atomic E-state index is 13.0. The van der Waals surface area contributed by atoms with E-state index in [9.17, 15) is 9.59 Å². The lowest BCUT2D eigenvalue weighted by Crippen LogP contribution is -2.37. The molecule has 1 aliphatic heterocycles. The van der Waals surface area contributed by atoms with Gasteiger partial charge in [0.25, 0.3) is 0 Å². The molecule has 1 fully saturated rings. The summed E-state index contributed by atoms with van der Waals surface area (Å²) >= 11 is 0. The van der Waals surface area contributed by atoms with Crippen LogP contribution in [0.25, 0.3) is 0 Å². The molecule has 0 unspecified atom stereocenters. The maximum atomic E-state index is 13.0. The lowest BCUT2D eigenvalue weighted by atomic mass is 9.80. The molecular formula is C17H17N3O2. The van der Waals surface area contributed by atoms with Crippen LogP contribution in [0.1, 0.15) is 29.7 Å². The van der Waals surface area contributed by atoms with E-state index in [4.69, 9.17) is 0 Å². The zero-order valence-corrected chi connectivity index (χ0v) is 12.5. The predicted octanol–water partition coefficient (Wildman–Crippen LogP) is 1.56. The van der Waals surface area contributed by atoms with Crippen molar-refractivity contribution in [3.05, 3.63) is 53.6 Å². The van der Waals surface area contributed by atoms with Gasteiger partial charge in [0.1, 0.15) is 0 Å². The molecule has 1 atom stereocenters. The zero-order chi connectivity index (χ0) is 15.3. The second-order valence-electron chi connectivity index (χ2n) is 6.20. The number of hydrogen-bond donors (Lipinski definition) is 0. The van der Waals surface area contributed by atoms with Crippen LogP contribution in [0.5, 0.6) is 0 Å². The predicted molar refractivity (Wildman–Crippen MR) is 79.8 cm³/mol. The Morgan fingerprint density at radius 3 is 2.86 bits per heavy atom. The van der Waals surface area contributed by atoms with Crippen LogP contribution < -0.4 is 0 Å². The summed E-state index contributed by atoms with van der Waals surface area (Å²) in [5.74, 6) is -0.133. The number of aromatic nitrogens is 2. The molecule has 0 saturated carbocycles. The Hall–Kier alpha value is -2.43. The molecule has 2 aromatic rings. The van der Waals surface area contributed by atoms with Crippen LogP contribution in [0.15, 0.2) is 36.8 Å². The molecule has 5 nitrogen and oxygen atoms in total. The van der Waals surface area contributed by atoms with Crippen LogP contribution in [0.4, 0.5) is 0 Å². The minimum atomic E-state index is -0.633. The average Bonchev–Trinajstić information content (AvgIpc) is 3.15. The molecule has 2 amide bonds. The first-order valence-electron chi connectivity index (χ1n) is 7.50. The van der Waals surface area contributed by atoms with Crippen LogP contribution in [0.3, 0.4) is 0 Å². The molecule has 1 aromatic heterocycles. The molecule has 1 aliphatic carbocycles. The number of amides is 2. The lowest BCUT2D eigenvalue weighted by molar-refractivity contribution is -0.140. The van der Waals surface area contributed by atoms with E-state index < -0.39 is 5.41 Å². The number of imidazole rings is 1. The molecule has 1 aromatic carbocycles. The highest BCUT2D eigenvalue weighted by atomic mass is 16.2. The van der Waals surface area contributed by atoms with E-state index in [-0.39, 0.29) is 11.8 Å². The van der Waals surface area contributed by atoms with Gasteiger partial charge in [0.05, 0.1) is 24.0 Å². The number of carbonyl (C=O) groups is 2. The summed E-state index contributed by atoms with van der Waals surface area (Å²) in [4.78, 5) is 30.9. The minimum absolute atomic E-state index is 0.0522. The van der Waals surface area contributed by atoms with E-state index in [0.717, 1.165) is 24.1 Å². The number of imide groups is 1. The number of benzene rings is 1. The highest BCUT2D eigenvalue weighted by molar-refractivity contribution is 6.09. The van der Waals surface area contributed by atoms with Crippen LogP contribution >= 0.6 is 0 Å². The number of fused-ring (bicyclic) bond motifs is 2. The van der Waals surface area contributed by atoms with Crippen LogP contribution in [0, 0.1) is 0 Å². The Labute approximate surface area is 128 Å². The smallest absolute Gasteiger partial charge is 0.240 e. The first kappa shape index (κ1) is 13.2. The Kier molecular flexibility index (Phi) is 2.73. The third-order valence-electron chi connectivity index (χ3n) is 5.00. The van der Waals surface area contributed by atoms with E-state index in [0.29, 0.717) is 13.0 Å². The van der Waals surface area contributed by atoms with E-state index in [1.807, 2.05) is 29.8 Å². The molecular weight excluding hydrogens is 278 g/mol. The Morgan fingerprint density at radius 2 is 2.09 bits per heavy atom. The summed E-state index contributed by atoms with van der Waals surface area (Å²) in [6.45, 7) is 0.304. The van der Waals surface area contributed by atoms with E-state index in [1.165, 1.54) is 10.5 Å². The quantitative estimate of drug-likeness (QED) is 0.790. The summed E-state index contributed by atoms with van der Waals surface area (Å²) < 4.78 is 1.84. The number of aryl methyl sites for hydroxylation is 2. The van der Waals surface area contributed by atoms with Crippen molar-refractivity contribution in [3.63, 3.8) is 0 Å². The van der Waals surface area contributed by atoms with Crippen molar-refractivity contribution < 1.29 is 9.59 Å². The molecule has 0 radical (unpaired) electrons. The maximum Gasteiger partial charge on any atom is 0.240 e. The number of carbonyl (C=O) groups excluding carboxylic acids is 2. The van der Waals surface area contributed by atoms with Crippen LogP contribution in [0.2, 0.25) is 0 Å². The fraction of sp³-hybridized carbons (Fsp3) is 0.353. The van der Waals surface area contributed by atoms with Gasteiger partial charge in [-0.05, 0) is 24.0 Å². The largest absolute Gasteiger partial charge is 0.336 e. The van der Waals surface area contributed by atoms with Crippen LogP contribution in [-0.2, 0) is 35.0 Å². The van der Waals surface area contributed by atoms with Gasteiger partial charge in [-0.3, -0.25) is 14.5 Å². The van der Waals surface area contributed by atoms with Crippen molar-refractivity contribution in [2.45, 2.75) is 31.2 Å². The third-order valence-corrected chi connectivity index (χ3v) is 5.00. The van der Waals surface area contributed by atoms with Crippen molar-refractivity contribution in [2.75, 3.05) is 0 Å². The number of nitrogens with zero attached hydrogens (tertiary/aromatic N) is 3. The van der Waals surface area contributed by atoms with Crippen LogP contribution in [-0.4, -0.2) is 26.3 Å². The first-order chi connectivity index (χ1) is 10.6. The van der Waals surface area contributed by atoms with Crippen molar-refractivity contribution in [2.24, 2.45) is 7.05 Å². The number of rotatable bonds is 2. The highest BCUT2D eigenvalue weighted by Gasteiger charge is 2.55. The molecule has 0 bridgehead atoms. The van der Waals surface area contributed by atoms with Crippen molar-refractivity contribution in [1.29, 1.82) is 0 Å². The van der Waals surface area contributed by atoms with Crippen molar-refractivity contribution in [1.82, 2.24) is 14.5 Å². The fourth-order valence-electron chi connectivity index (χ4n) is 3.75. The topological polar surface area (TPSA) is 55.2 Å². The molecule has 22 heavy (non-hydrogen) atoms. The zero-order valence-electron chi connectivity index (χ0n) is 12.5. The van der Waals surface area contributed by atoms with E-state index in [1.54, 1.807) is 12.5 Å². The van der Waals surface area contributed by atoms with E-state index in [2.05, 4.69) is 11.1 Å². The normalized spacial score (nSPS) is 23.6.